The zero-order valence-electron chi connectivity index (χ0n) is 13.0. The molecular weight excluding hydrogens is 282 g/mol. The van der Waals surface area contributed by atoms with Gasteiger partial charge in [-0.2, -0.15) is 0 Å². The Labute approximate surface area is 131 Å². The van der Waals surface area contributed by atoms with Crippen LogP contribution in [-0.2, 0) is 16.0 Å². The molecule has 3 aliphatic rings. The van der Waals surface area contributed by atoms with Gasteiger partial charge in [0, 0.05) is 25.7 Å². The highest BCUT2D eigenvalue weighted by Gasteiger charge is 2.42. The van der Waals surface area contributed by atoms with Crippen LogP contribution in [-0.4, -0.2) is 49.7 Å². The first kappa shape index (κ1) is 14.3. The summed E-state index contributed by atoms with van der Waals surface area (Å²) in [7, 11) is 0. The molecule has 120 valence electrons. The van der Waals surface area contributed by atoms with E-state index >= 15 is 0 Å². The predicted octanol–water partition coefficient (Wildman–Crippen LogP) is 2.18. The molecule has 2 aliphatic heterocycles. The van der Waals surface area contributed by atoms with Gasteiger partial charge >= 0.3 is 0 Å². The minimum absolute atomic E-state index is 0.210. The Bertz CT molecular complexity index is 535. The first-order valence-corrected chi connectivity index (χ1v) is 8.21. The number of fused-ring (bicyclic) bond motifs is 3. The first-order chi connectivity index (χ1) is 10.8. The fraction of sp³-hybridized carbons (Fsp3) is 0.647. The summed E-state index contributed by atoms with van der Waals surface area (Å²) in [6.45, 7) is 5.79. The molecule has 1 aromatic carbocycles. The zero-order chi connectivity index (χ0) is 14.9. The number of hydrogen-bond acceptors (Lipinski definition) is 5. The molecule has 4 rings (SSSR count). The van der Waals surface area contributed by atoms with Crippen LogP contribution >= 0.6 is 0 Å². The Morgan fingerprint density at radius 2 is 2.14 bits per heavy atom. The van der Waals surface area contributed by atoms with Crippen LogP contribution in [0.4, 0.5) is 0 Å². The minimum Gasteiger partial charge on any atom is -0.454 e. The lowest BCUT2D eigenvalue weighted by Crippen LogP contribution is -2.42. The molecule has 1 saturated heterocycles. The van der Waals surface area contributed by atoms with Gasteiger partial charge in [-0.05, 0) is 37.5 Å². The van der Waals surface area contributed by atoms with Crippen LogP contribution in [0.3, 0.4) is 0 Å². The van der Waals surface area contributed by atoms with Crippen molar-refractivity contribution >= 4 is 0 Å². The van der Waals surface area contributed by atoms with Crippen LogP contribution in [0.5, 0.6) is 11.5 Å². The lowest BCUT2D eigenvalue weighted by Gasteiger charge is -2.31. The van der Waals surface area contributed by atoms with Gasteiger partial charge in [0.2, 0.25) is 6.79 Å². The van der Waals surface area contributed by atoms with E-state index in [-0.39, 0.29) is 12.2 Å². The van der Waals surface area contributed by atoms with Crippen molar-refractivity contribution in [1.82, 2.24) is 4.90 Å². The van der Waals surface area contributed by atoms with Gasteiger partial charge in [0.25, 0.3) is 0 Å². The molecule has 1 aromatic rings. The van der Waals surface area contributed by atoms with Crippen LogP contribution in [0, 0.1) is 0 Å². The molecule has 0 spiro atoms. The number of ether oxygens (including phenoxy) is 4. The summed E-state index contributed by atoms with van der Waals surface area (Å²) < 4.78 is 22.8. The Kier molecular flexibility index (Phi) is 3.94. The van der Waals surface area contributed by atoms with Gasteiger partial charge in [-0.3, -0.25) is 4.90 Å². The molecule has 22 heavy (non-hydrogen) atoms. The largest absolute Gasteiger partial charge is 0.454 e. The Balaban J connectivity index is 1.51. The quantitative estimate of drug-likeness (QED) is 0.853. The lowest BCUT2D eigenvalue weighted by molar-refractivity contribution is -0.0498. The van der Waals surface area contributed by atoms with Crippen molar-refractivity contribution in [3.8, 4) is 11.5 Å². The summed E-state index contributed by atoms with van der Waals surface area (Å²) in [5, 5.41) is 0. The highest BCUT2D eigenvalue weighted by molar-refractivity contribution is 5.44. The SMILES string of the molecule is CCOC1C2CCC1N(Cc1ccc3c(c1)OCO3)CCO2. The lowest BCUT2D eigenvalue weighted by atomic mass is 10.1. The molecule has 1 aliphatic carbocycles. The van der Waals surface area contributed by atoms with Crippen molar-refractivity contribution in [2.45, 2.75) is 44.6 Å². The highest BCUT2D eigenvalue weighted by atomic mass is 16.7. The second-order valence-corrected chi connectivity index (χ2v) is 6.13. The second kappa shape index (κ2) is 6.07. The number of nitrogens with zero attached hydrogens (tertiary/aromatic N) is 1. The van der Waals surface area contributed by atoms with Gasteiger partial charge in [-0.1, -0.05) is 6.07 Å². The fourth-order valence-corrected chi connectivity index (χ4v) is 3.85. The third-order valence-corrected chi connectivity index (χ3v) is 4.85. The smallest absolute Gasteiger partial charge is 0.231 e. The van der Waals surface area contributed by atoms with Crippen molar-refractivity contribution in [2.75, 3.05) is 26.6 Å². The molecule has 3 unspecified atom stereocenters. The minimum atomic E-state index is 0.210. The van der Waals surface area contributed by atoms with Crippen LogP contribution in [0.25, 0.3) is 0 Å². The molecule has 5 heteroatoms. The summed E-state index contributed by atoms with van der Waals surface area (Å²) in [5.41, 5.74) is 1.25. The molecule has 1 saturated carbocycles. The Hall–Kier alpha value is -1.30. The fourth-order valence-electron chi connectivity index (χ4n) is 3.85. The van der Waals surface area contributed by atoms with Gasteiger partial charge in [-0.25, -0.2) is 0 Å². The van der Waals surface area contributed by atoms with E-state index in [1.807, 2.05) is 6.07 Å². The third kappa shape index (κ3) is 2.57. The second-order valence-electron chi connectivity index (χ2n) is 6.13. The summed E-state index contributed by atoms with van der Waals surface area (Å²) in [4.78, 5) is 2.50. The maximum atomic E-state index is 5.99. The maximum absolute atomic E-state index is 5.99. The van der Waals surface area contributed by atoms with Gasteiger partial charge in [-0.15, -0.1) is 0 Å². The van der Waals surface area contributed by atoms with Gasteiger partial charge in [0.05, 0.1) is 18.8 Å². The summed E-state index contributed by atoms with van der Waals surface area (Å²) in [6.07, 6.45) is 2.74. The normalized spacial score (nSPS) is 30.5. The third-order valence-electron chi connectivity index (χ3n) is 4.85. The number of benzene rings is 1. The summed E-state index contributed by atoms with van der Waals surface area (Å²) >= 11 is 0. The standard InChI is InChI=1S/C17H23NO4/c1-2-19-17-13-4-6-15(17)20-8-7-18(13)10-12-3-5-14-16(9-12)22-11-21-14/h3,5,9,13,15,17H,2,4,6-8,10-11H2,1H3. The average Bonchev–Trinajstić information content (AvgIpc) is 3.08. The molecule has 2 heterocycles. The van der Waals surface area contributed by atoms with E-state index in [9.17, 15) is 0 Å². The van der Waals surface area contributed by atoms with Crippen LogP contribution in [0.15, 0.2) is 18.2 Å². The van der Waals surface area contributed by atoms with Crippen molar-refractivity contribution in [3.05, 3.63) is 23.8 Å². The van der Waals surface area contributed by atoms with E-state index in [2.05, 4.69) is 24.0 Å². The molecule has 3 atom stereocenters. The van der Waals surface area contributed by atoms with Crippen molar-refractivity contribution in [3.63, 3.8) is 0 Å². The number of hydrogen-bond donors (Lipinski definition) is 0. The predicted molar refractivity (Wildman–Crippen MR) is 81.2 cm³/mol. The summed E-state index contributed by atoms with van der Waals surface area (Å²) in [6, 6.07) is 6.68. The zero-order valence-corrected chi connectivity index (χ0v) is 13.0. The highest BCUT2D eigenvalue weighted by Crippen LogP contribution is 2.35. The average molecular weight is 305 g/mol. The van der Waals surface area contributed by atoms with Crippen molar-refractivity contribution in [2.24, 2.45) is 0 Å². The van der Waals surface area contributed by atoms with E-state index in [4.69, 9.17) is 18.9 Å². The molecule has 0 radical (unpaired) electrons. The molecule has 0 amide bonds. The molecule has 5 nitrogen and oxygen atoms in total. The van der Waals surface area contributed by atoms with Gasteiger partial charge in [0.15, 0.2) is 11.5 Å². The first-order valence-electron chi connectivity index (χ1n) is 8.21. The topological polar surface area (TPSA) is 40.2 Å². The van der Waals surface area contributed by atoms with Crippen molar-refractivity contribution in [1.29, 1.82) is 0 Å². The molecule has 2 fully saturated rings. The van der Waals surface area contributed by atoms with Gasteiger partial charge < -0.3 is 18.9 Å². The molecule has 0 N–H and O–H groups in total. The van der Waals surface area contributed by atoms with Crippen LogP contribution < -0.4 is 9.47 Å². The monoisotopic (exact) mass is 305 g/mol. The Morgan fingerprint density at radius 1 is 1.23 bits per heavy atom. The van der Waals surface area contributed by atoms with Crippen LogP contribution in [0.1, 0.15) is 25.3 Å². The van der Waals surface area contributed by atoms with E-state index in [1.54, 1.807) is 0 Å². The van der Waals surface area contributed by atoms with Gasteiger partial charge in [0.1, 0.15) is 0 Å². The molecular formula is C17H23NO4. The summed E-state index contributed by atoms with van der Waals surface area (Å²) in [5.74, 6) is 1.70. The number of rotatable bonds is 4. The maximum Gasteiger partial charge on any atom is 0.231 e. The van der Waals surface area contributed by atoms with Crippen molar-refractivity contribution < 1.29 is 18.9 Å². The van der Waals surface area contributed by atoms with E-state index < -0.39 is 0 Å². The molecule has 0 aromatic heterocycles. The van der Waals surface area contributed by atoms with E-state index in [0.717, 1.165) is 50.6 Å². The Morgan fingerprint density at radius 3 is 3.05 bits per heavy atom. The molecule has 2 bridgehead atoms. The van der Waals surface area contributed by atoms with E-state index in [0.29, 0.717) is 12.8 Å². The van der Waals surface area contributed by atoms with E-state index in [1.165, 1.54) is 5.56 Å². The van der Waals surface area contributed by atoms with Crippen LogP contribution in [0.2, 0.25) is 0 Å².